The molecular formula is C10H17NO3S2. The Morgan fingerprint density at radius 1 is 1.19 bits per heavy atom. The second-order valence-electron chi connectivity index (χ2n) is 3.55. The Morgan fingerprint density at radius 2 is 1.81 bits per heavy atom. The number of amides is 1. The van der Waals surface area contributed by atoms with E-state index < -0.39 is 12.1 Å². The van der Waals surface area contributed by atoms with Crippen molar-refractivity contribution < 1.29 is 14.3 Å². The van der Waals surface area contributed by atoms with Gasteiger partial charge >= 0.3 is 5.97 Å². The minimum atomic E-state index is -0.592. The third-order valence-corrected chi connectivity index (χ3v) is 3.63. The van der Waals surface area contributed by atoms with E-state index in [1.807, 2.05) is 12.5 Å². The van der Waals surface area contributed by atoms with Crippen molar-refractivity contribution in [1.29, 1.82) is 0 Å². The lowest BCUT2D eigenvalue weighted by Gasteiger charge is -2.28. The Kier molecular flexibility index (Phi) is 6.05. The van der Waals surface area contributed by atoms with Crippen LogP contribution in [0.1, 0.15) is 12.8 Å². The van der Waals surface area contributed by atoms with Crippen molar-refractivity contribution in [1.82, 2.24) is 5.32 Å². The molecule has 1 aliphatic rings. The Balaban J connectivity index is 2.43. The van der Waals surface area contributed by atoms with E-state index in [2.05, 4.69) is 5.32 Å². The monoisotopic (exact) mass is 263 g/mol. The van der Waals surface area contributed by atoms with Crippen molar-refractivity contribution in [3.8, 4) is 0 Å². The van der Waals surface area contributed by atoms with Crippen LogP contribution in [0.4, 0.5) is 0 Å². The van der Waals surface area contributed by atoms with Crippen LogP contribution in [0.3, 0.4) is 0 Å². The molecule has 0 aromatic heterocycles. The van der Waals surface area contributed by atoms with Crippen LogP contribution < -0.4 is 5.32 Å². The van der Waals surface area contributed by atoms with Gasteiger partial charge in [-0.3, -0.25) is 4.79 Å². The normalized spacial score (nSPS) is 25.1. The fourth-order valence-electron chi connectivity index (χ4n) is 1.44. The van der Waals surface area contributed by atoms with E-state index in [-0.39, 0.29) is 11.9 Å². The first-order valence-corrected chi connectivity index (χ1v) is 7.96. The highest BCUT2D eigenvalue weighted by molar-refractivity contribution is 7.98. The molecule has 0 aliphatic carbocycles. The lowest BCUT2D eigenvalue weighted by atomic mass is 10.1. The number of carbonyl (C=O) groups excluding carboxylic acids is 2. The number of thioether (sulfide) groups is 2. The van der Waals surface area contributed by atoms with Crippen LogP contribution in [0.25, 0.3) is 0 Å². The van der Waals surface area contributed by atoms with Gasteiger partial charge in [0.15, 0.2) is 6.10 Å². The molecule has 0 radical (unpaired) electrons. The van der Waals surface area contributed by atoms with E-state index in [0.29, 0.717) is 12.8 Å². The predicted octanol–water partition coefficient (Wildman–Crippen LogP) is 0.903. The molecule has 1 fully saturated rings. The summed E-state index contributed by atoms with van der Waals surface area (Å²) in [5, 5.41) is 2.72. The molecule has 1 saturated heterocycles. The first-order chi connectivity index (χ1) is 7.69. The van der Waals surface area contributed by atoms with Gasteiger partial charge in [-0.25, -0.2) is 4.79 Å². The molecule has 6 heteroatoms. The molecular weight excluding hydrogens is 246 g/mol. The van der Waals surface area contributed by atoms with Crippen LogP contribution in [0, 0.1) is 0 Å². The van der Waals surface area contributed by atoms with Gasteiger partial charge in [0.2, 0.25) is 0 Å². The van der Waals surface area contributed by atoms with Gasteiger partial charge < -0.3 is 10.1 Å². The van der Waals surface area contributed by atoms with Crippen molar-refractivity contribution in [3.05, 3.63) is 0 Å². The maximum Gasteiger partial charge on any atom is 0.329 e. The van der Waals surface area contributed by atoms with E-state index in [4.69, 9.17) is 4.74 Å². The Bertz CT molecular complexity index is 234. The minimum absolute atomic E-state index is 0.153. The van der Waals surface area contributed by atoms with Gasteiger partial charge in [0.1, 0.15) is 6.04 Å². The summed E-state index contributed by atoms with van der Waals surface area (Å²) in [7, 11) is 0. The summed E-state index contributed by atoms with van der Waals surface area (Å²) in [6.45, 7) is 0. The fourth-order valence-corrected chi connectivity index (χ4v) is 2.36. The highest BCUT2D eigenvalue weighted by Gasteiger charge is 2.34. The zero-order valence-corrected chi connectivity index (χ0v) is 11.2. The van der Waals surface area contributed by atoms with Gasteiger partial charge in [-0.2, -0.15) is 23.5 Å². The Labute approximate surface area is 104 Å². The van der Waals surface area contributed by atoms with Crippen molar-refractivity contribution in [2.24, 2.45) is 0 Å². The van der Waals surface area contributed by atoms with E-state index >= 15 is 0 Å². The molecule has 1 N–H and O–H groups in total. The van der Waals surface area contributed by atoms with Crippen molar-refractivity contribution in [2.75, 3.05) is 24.0 Å². The van der Waals surface area contributed by atoms with Crippen LogP contribution in [0.2, 0.25) is 0 Å². The van der Waals surface area contributed by atoms with Crippen LogP contribution in [-0.4, -0.2) is 48.0 Å². The summed E-state index contributed by atoms with van der Waals surface area (Å²) in [5.74, 6) is 1.22. The van der Waals surface area contributed by atoms with Crippen LogP contribution >= 0.6 is 23.5 Å². The van der Waals surface area contributed by atoms with Gasteiger partial charge in [0.05, 0.1) is 0 Å². The number of hydrogen-bond donors (Lipinski definition) is 1. The summed E-state index contributed by atoms with van der Waals surface area (Å²) in [5.41, 5.74) is 0. The Morgan fingerprint density at radius 3 is 2.44 bits per heavy atom. The fraction of sp³-hybridized carbons (Fsp3) is 0.800. The van der Waals surface area contributed by atoms with Gasteiger partial charge in [-0.1, -0.05) is 0 Å². The third-order valence-electron chi connectivity index (χ3n) is 2.35. The van der Waals surface area contributed by atoms with E-state index in [1.54, 1.807) is 23.5 Å². The first-order valence-electron chi connectivity index (χ1n) is 5.17. The zero-order chi connectivity index (χ0) is 12.0. The number of nitrogens with one attached hydrogen (secondary N) is 1. The molecule has 1 rings (SSSR count). The van der Waals surface area contributed by atoms with Crippen molar-refractivity contribution >= 4 is 35.4 Å². The first kappa shape index (κ1) is 13.7. The standard InChI is InChI=1S/C10H17NO3S2/c1-15-5-3-7-10(13)14-8(4-6-16-2)9(12)11-7/h7-8H,3-6H2,1-2H3,(H,11,12). The molecule has 1 aliphatic heterocycles. The molecule has 0 aromatic carbocycles. The highest BCUT2D eigenvalue weighted by atomic mass is 32.2. The third kappa shape index (κ3) is 3.90. The molecule has 0 saturated carbocycles. The number of morpholine rings is 1. The molecule has 4 nitrogen and oxygen atoms in total. The van der Waals surface area contributed by atoms with Gasteiger partial charge in [0.25, 0.3) is 5.91 Å². The molecule has 2 unspecified atom stereocenters. The zero-order valence-electron chi connectivity index (χ0n) is 9.52. The summed E-state index contributed by atoms with van der Waals surface area (Å²) in [4.78, 5) is 23.2. The molecule has 0 aromatic rings. The molecule has 92 valence electrons. The highest BCUT2D eigenvalue weighted by Crippen LogP contribution is 2.13. The largest absolute Gasteiger partial charge is 0.451 e. The topological polar surface area (TPSA) is 55.4 Å². The van der Waals surface area contributed by atoms with Crippen LogP contribution in [-0.2, 0) is 14.3 Å². The number of cyclic esters (lactones) is 1. The summed E-state index contributed by atoms with van der Waals surface area (Å²) in [6, 6.07) is -0.453. The number of esters is 1. The number of carbonyl (C=O) groups is 2. The van der Waals surface area contributed by atoms with E-state index in [9.17, 15) is 9.59 Å². The van der Waals surface area contributed by atoms with Crippen LogP contribution in [0.5, 0.6) is 0 Å². The summed E-state index contributed by atoms with van der Waals surface area (Å²) >= 11 is 3.29. The Hall–Kier alpha value is -0.360. The molecule has 16 heavy (non-hydrogen) atoms. The van der Waals surface area contributed by atoms with Crippen molar-refractivity contribution in [3.63, 3.8) is 0 Å². The second kappa shape index (κ2) is 7.06. The van der Waals surface area contributed by atoms with Crippen LogP contribution in [0.15, 0.2) is 0 Å². The SMILES string of the molecule is CSCCC1NC(=O)C(CCSC)OC1=O. The minimum Gasteiger partial charge on any atom is -0.451 e. The van der Waals surface area contributed by atoms with E-state index in [0.717, 1.165) is 11.5 Å². The average molecular weight is 263 g/mol. The van der Waals surface area contributed by atoms with Gasteiger partial charge in [0, 0.05) is 6.42 Å². The smallest absolute Gasteiger partial charge is 0.329 e. The summed E-state index contributed by atoms with van der Waals surface area (Å²) in [6.07, 6.45) is 4.57. The molecule has 0 spiro atoms. The van der Waals surface area contributed by atoms with Crippen molar-refractivity contribution in [2.45, 2.75) is 25.0 Å². The lowest BCUT2D eigenvalue weighted by molar-refractivity contribution is -0.165. The second-order valence-corrected chi connectivity index (χ2v) is 5.52. The quantitative estimate of drug-likeness (QED) is 0.722. The van der Waals surface area contributed by atoms with Gasteiger partial charge in [-0.15, -0.1) is 0 Å². The molecule has 1 amide bonds. The maximum atomic E-state index is 11.6. The lowest BCUT2D eigenvalue weighted by Crippen LogP contribution is -2.54. The molecule has 0 bridgehead atoms. The van der Waals surface area contributed by atoms with E-state index in [1.165, 1.54) is 0 Å². The molecule has 1 heterocycles. The number of hydrogen-bond acceptors (Lipinski definition) is 5. The number of ether oxygens (including phenoxy) is 1. The average Bonchev–Trinajstić information content (AvgIpc) is 2.28. The summed E-state index contributed by atoms with van der Waals surface area (Å²) < 4.78 is 5.14. The maximum absolute atomic E-state index is 11.6. The van der Waals surface area contributed by atoms with Gasteiger partial charge in [-0.05, 0) is 30.4 Å². The molecule has 2 atom stereocenters. The predicted molar refractivity (Wildman–Crippen MR) is 67.8 cm³/mol. The number of rotatable bonds is 6.